The van der Waals surface area contributed by atoms with E-state index < -0.39 is 18.1 Å². The number of fused-ring (bicyclic) bond motifs is 1. The lowest BCUT2D eigenvalue weighted by Gasteiger charge is -2.13. The summed E-state index contributed by atoms with van der Waals surface area (Å²) >= 11 is 0. The molecule has 7 nitrogen and oxygen atoms in total. The van der Waals surface area contributed by atoms with Crippen LogP contribution in [0.4, 0.5) is 4.79 Å². The van der Waals surface area contributed by atoms with Crippen molar-refractivity contribution in [3.05, 3.63) is 23.8 Å². The fourth-order valence-corrected chi connectivity index (χ4v) is 1.87. The molecule has 0 fully saturated rings. The second-order valence-corrected chi connectivity index (χ2v) is 4.25. The Hall–Kier alpha value is -2.44. The molecule has 0 saturated carbocycles. The lowest BCUT2D eigenvalue weighted by atomic mass is 10.0. The van der Waals surface area contributed by atoms with E-state index in [0.29, 0.717) is 17.9 Å². The number of rotatable bonds is 5. The first kappa shape index (κ1) is 14.0. The zero-order valence-electron chi connectivity index (χ0n) is 10.9. The van der Waals surface area contributed by atoms with E-state index in [4.69, 9.17) is 14.6 Å². The van der Waals surface area contributed by atoms with E-state index in [0.717, 1.165) is 5.56 Å². The highest BCUT2D eigenvalue weighted by Gasteiger charge is 2.20. The van der Waals surface area contributed by atoms with Crippen molar-refractivity contribution >= 4 is 12.1 Å². The topological polar surface area (TPSA) is 94.1 Å². The molecule has 1 aromatic carbocycles. The Morgan fingerprint density at radius 3 is 2.85 bits per heavy atom. The SMILES string of the molecule is COC(=O)N[C@@H](CCc1ccc2c(c1)OCO2)C(=O)O. The van der Waals surface area contributed by atoms with Gasteiger partial charge in [-0.25, -0.2) is 9.59 Å². The average Bonchev–Trinajstić information content (AvgIpc) is 2.90. The summed E-state index contributed by atoms with van der Waals surface area (Å²) in [5.41, 5.74) is 0.909. The van der Waals surface area contributed by atoms with Crippen molar-refractivity contribution in [2.45, 2.75) is 18.9 Å². The van der Waals surface area contributed by atoms with E-state index in [1.54, 1.807) is 12.1 Å². The van der Waals surface area contributed by atoms with Crippen LogP contribution >= 0.6 is 0 Å². The molecule has 0 bridgehead atoms. The molecule has 1 heterocycles. The zero-order chi connectivity index (χ0) is 14.5. The van der Waals surface area contributed by atoms with Crippen LogP contribution in [0.5, 0.6) is 11.5 Å². The van der Waals surface area contributed by atoms with Gasteiger partial charge in [0, 0.05) is 0 Å². The van der Waals surface area contributed by atoms with Crippen LogP contribution in [-0.4, -0.2) is 37.1 Å². The minimum Gasteiger partial charge on any atom is -0.480 e. The molecule has 1 atom stereocenters. The van der Waals surface area contributed by atoms with E-state index in [2.05, 4.69) is 10.1 Å². The first-order chi connectivity index (χ1) is 9.60. The predicted octanol–water partition coefficient (Wildman–Crippen LogP) is 1.16. The summed E-state index contributed by atoms with van der Waals surface area (Å²) in [6.45, 7) is 0.195. The Kier molecular flexibility index (Phi) is 4.29. The highest BCUT2D eigenvalue weighted by molar-refractivity contribution is 5.79. The highest BCUT2D eigenvalue weighted by Crippen LogP contribution is 2.32. The van der Waals surface area contributed by atoms with Crippen molar-refractivity contribution in [3.63, 3.8) is 0 Å². The van der Waals surface area contributed by atoms with Crippen LogP contribution in [0.15, 0.2) is 18.2 Å². The second kappa shape index (κ2) is 6.14. The lowest BCUT2D eigenvalue weighted by molar-refractivity contribution is -0.139. The molecule has 0 unspecified atom stereocenters. The maximum Gasteiger partial charge on any atom is 0.407 e. The molecule has 0 aliphatic carbocycles. The standard InChI is InChI=1S/C13H15NO6/c1-18-13(17)14-9(12(15)16)4-2-8-3-5-10-11(6-8)20-7-19-10/h3,5-6,9H,2,4,7H2,1H3,(H,14,17)(H,15,16)/t9-/m0/s1. The third-order valence-corrected chi connectivity index (χ3v) is 2.93. The van der Waals surface area contributed by atoms with Crippen LogP contribution in [0.25, 0.3) is 0 Å². The number of carboxylic acids is 1. The van der Waals surface area contributed by atoms with Gasteiger partial charge in [-0.2, -0.15) is 0 Å². The smallest absolute Gasteiger partial charge is 0.407 e. The quantitative estimate of drug-likeness (QED) is 0.841. The van der Waals surface area contributed by atoms with Crippen LogP contribution in [0, 0.1) is 0 Å². The summed E-state index contributed by atoms with van der Waals surface area (Å²) in [5, 5.41) is 11.3. The molecule has 2 N–H and O–H groups in total. The fraction of sp³-hybridized carbons (Fsp3) is 0.385. The van der Waals surface area contributed by atoms with Gasteiger partial charge >= 0.3 is 12.1 Å². The van der Waals surface area contributed by atoms with Crippen molar-refractivity contribution in [1.29, 1.82) is 0 Å². The van der Waals surface area contributed by atoms with E-state index in [1.165, 1.54) is 7.11 Å². The predicted molar refractivity (Wildman–Crippen MR) is 67.9 cm³/mol. The van der Waals surface area contributed by atoms with Gasteiger partial charge in [-0.3, -0.25) is 0 Å². The minimum atomic E-state index is -1.10. The third kappa shape index (κ3) is 3.31. The molecule has 0 aromatic heterocycles. The number of aliphatic carboxylic acids is 1. The van der Waals surface area contributed by atoms with Crippen LogP contribution in [0.1, 0.15) is 12.0 Å². The Morgan fingerprint density at radius 2 is 2.15 bits per heavy atom. The number of amides is 1. The van der Waals surface area contributed by atoms with Gasteiger partial charge in [0.2, 0.25) is 6.79 Å². The van der Waals surface area contributed by atoms with E-state index in [9.17, 15) is 9.59 Å². The summed E-state index contributed by atoms with van der Waals surface area (Å²) in [6.07, 6.45) is -0.0233. The summed E-state index contributed by atoms with van der Waals surface area (Å²) in [7, 11) is 1.19. The molecular weight excluding hydrogens is 266 g/mol. The van der Waals surface area contributed by atoms with Crippen LogP contribution < -0.4 is 14.8 Å². The van der Waals surface area contributed by atoms with Gasteiger partial charge in [0.15, 0.2) is 11.5 Å². The molecular formula is C13H15NO6. The first-order valence-corrected chi connectivity index (χ1v) is 6.06. The molecule has 2 rings (SSSR count). The number of hydrogen-bond donors (Lipinski definition) is 2. The Morgan fingerprint density at radius 1 is 1.40 bits per heavy atom. The largest absolute Gasteiger partial charge is 0.480 e. The molecule has 1 amide bonds. The Labute approximate surface area is 115 Å². The fourth-order valence-electron chi connectivity index (χ4n) is 1.87. The Bertz CT molecular complexity index is 516. The molecule has 0 radical (unpaired) electrons. The molecule has 1 aromatic rings. The molecule has 0 saturated heterocycles. The van der Waals surface area contributed by atoms with Crippen molar-refractivity contribution in [1.82, 2.24) is 5.32 Å². The number of carbonyl (C=O) groups is 2. The van der Waals surface area contributed by atoms with E-state index >= 15 is 0 Å². The molecule has 0 spiro atoms. The average molecular weight is 281 g/mol. The zero-order valence-corrected chi connectivity index (χ0v) is 10.9. The summed E-state index contributed by atoms with van der Waals surface area (Å²) in [6, 6.07) is 4.43. The molecule has 1 aliphatic rings. The summed E-state index contributed by atoms with van der Waals surface area (Å²) in [5.74, 6) is 0.225. The van der Waals surface area contributed by atoms with Crippen molar-refractivity contribution in [2.75, 3.05) is 13.9 Å². The number of nitrogens with one attached hydrogen (secondary N) is 1. The van der Waals surface area contributed by atoms with E-state index in [1.807, 2.05) is 6.07 Å². The third-order valence-electron chi connectivity index (χ3n) is 2.93. The molecule has 7 heteroatoms. The number of methoxy groups -OCH3 is 1. The van der Waals surface area contributed by atoms with Gasteiger partial charge in [-0.15, -0.1) is 0 Å². The van der Waals surface area contributed by atoms with Crippen molar-refractivity contribution < 1.29 is 28.9 Å². The summed E-state index contributed by atoms with van der Waals surface area (Å²) in [4.78, 5) is 22.1. The number of aryl methyl sites for hydroxylation is 1. The normalized spacial score (nSPS) is 13.7. The van der Waals surface area contributed by atoms with Gasteiger partial charge < -0.3 is 24.6 Å². The highest BCUT2D eigenvalue weighted by atomic mass is 16.7. The van der Waals surface area contributed by atoms with E-state index in [-0.39, 0.29) is 13.2 Å². The maximum atomic E-state index is 11.1. The summed E-state index contributed by atoms with van der Waals surface area (Å²) < 4.78 is 14.8. The number of carboxylic acid groups (broad SMARTS) is 1. The Balaban J connectivity index is 1.95. The number of carbonyl (C=O) groups excluding carboxylic acids is 1. The number of ether oxygens (including phenoxy) is 3. The molecule has 108 valence electrons. The number of alkyl carbamates (subject to hydrolysis) is 1. The van der Waals surface area contributed by atoms with Gasteiger partial charge in [0.1, 0.15) is 6.04 Å². The number of hydrogen-bond acceptors (Lipinski definition) is 5. The molecule has 20 heavy (non-hydrogen) atoms. The van der Waals surface area contributed by atoms with Gasteiger partial charge in [0.25, 0.3) is 0 Å². The van der Waals surface area contributed by atoms with Crippen LogP contribution in [0.2, 0.25) is 0 Å². The van der Waals surface area contributed by atoms with Crippen LogP contribution in [-0.2, 0) is 16.0 Å². The minimum absolute atomic E-state index is 0.195. The van der Waals surface area contributed by atoms with Crippen molar-refractivity contribution in [3.8, 4) is 11.5 Å². The first-order valence-electron chi connectivity index (χ1n) is 6.06. The van der Waals surface area contributed by atoms with Crippen molar-refractivity contribution in [2.24, 2.45) is 0 Å². The molecule has 1 aliphatic heterocycles. The van der Waals surface area contributed by atoms with Gasteiger partial charge in [-0.1, -0.05) is 6.07 Å². The lowest BCUT2D eigenvalue weighted by Crippen LogP contribution is -2.41. The second-order valence-electron chi connectivity index (χ2n) is 4.25. The number of benzene rings is 1. The maximum absolute atomic E-state index is 11.1. The van der Waals surface area contributed by atoms with Crippen LogP contribution in [0.3, 0.4) is 0 Å². The monoisotopic (exact) mass is 281 g/mol. The van der Waals surface area contributed by atoms with Gasteiger partial charge in [0.05, 0.1) is 7.11 Å². The van der Waals surface area contributed by atoms with Gasteiger partial charge in [-0.05, 0) is 30.5 Å².